The van der Waals surface area contributed by atoms with Gasteiger partial charge in [-0.3, -0.25) is 0 Å². The topological polar surface area (TPSA) is 40.7 Å². The van der Waals surface area contributed by atoms with Crippen molar-refractivity contribution in [2.24, 2.45) is 0 Å². The van der Waals surface area contributed by atoms with Crippen LogP contribution in [-0.2, 0) is 0 Å². The van der Waals surface area contributed by atoms with Gasteiger partial charge in [-0.15, -0.1) is 5.92 Å². The molecule has 2 rings (SSSR count). The van der Waals surface area contributed by atoms with Crippen molar-refractivity contribution in [3.8, 4) is 23.1 Å². The standard InChI is InChI=1S/C15H17N3/c1-4-5-12-6-8-13(9-7-12)14-10-17-15(18-14)11(2)16-3/h6-11,16H,1-3H3,(H,17,18)/t11-/m1/s1. The van der Waals surface area contributed by atoms with Crippen LogP contribution in [0, 0.1) is 11.8 Å². The fraction of sp³-hybridized carbons (Fsp3) is 0.267. The zero-order valence-corrected chi connectivity index (χ0v) is 10.9. The molecule has 0 aliphatic rings. The number of imidazole rings is 1. The minimum atomic E-state index is 0.226. The van der Waals surface area contributed by atoms with Crippen molar-refractivity contribution in [3.05, 3.63) is 41.9 Å². The quantitative estimate of drug-likeness (QED) is 0.809. The van der Waals surface area contributed by atoms with Crippen LogP contribution in [0.3, 0.4) is 0 Å². The molecule has 0 fully saturated rings. The molecule has 0 bridgehead atoms. The maximum atomic E-state index is 4.38. The van der Waals surface area contributed by atoms with Gasteiger partial charge < -0.3 is 10.3 Å². The summed E-state index contributed by atoms with van der Waals surface area (Å²) in [5, 5.41) is 3.16. The fourth-order valence-corrected chi connectivity index (χ4v) is 1.72. The van der Waals surface area contributed by atoms with Gasteiger partial charge in [-0.1, -0.05) is 18.1 Å². The van der Waals surface area contributed by atoms with Crippen LogP contribution in [0.15, 0.2) is 30.5 Å². The van der Waals surface area contributed by atoms with Gasteiger partial charge in [0.2, 0.25) is 0 Å². The van der Waals surface area contributed by atoms with Crippen LogP contribution >= 0.6 is 0 Å². The maximum Gasteiger partial charge on any atom is 0.123 e. The van der Waals surface area contributed by atoms with Crippen molar-refractivity contribution in [2.75, 3.05) is 7.05 Å². The first-order chi connectivity index (χ1) is 8.74. The van der Waals surface area contributed by atoms with Crippen molar-refractivity contribution < 1.29 is 0 Å². The summed E-state index contributed by atoms with van der Waals surface area (Å²) in [6, 6.07) is 8.38. The van der Waals surface area contributed by atoms with Crippen molar-refractivity contribution in [2.45, 2.75) is 19.9 Å². The summed E-state index contributed by atoms with van der Waals surface area (Å²) in [6.45, 7) is 3.91. The third-order valence-electron chi connectivity index (χ3n) is 2.90. The summed E-state index contributed by atoms with van der Waals surface area (Å²) in [4.78, 5) is 7.70. The molecule has 0 saturated heterocycles. The van der Waals surface area contributed by atoms with Gasteiger partial charge in [0.25, 0.3) is 0 Å². The molecule has 92 valence electrons. The van der Waals surface area contributed by atoms with E-state index in [4.69, 9.17) is 0 Å². The lowest BCUT2D eigenvalue weighted by molar-refractivity contribution is 0.618. The molecule has 1 atom stereocenters. The normalized spacial score (nSPS) is 11.7. The highest BCUT2D eigenvalue weighted by Crippen LogP contribution is 2.19. The van der Waals surface area contributed by atoms with Gasteiger partial charge in [-0.05, 0) is 38.6 Å². The SMILES string of the molecule is CC#Cc1ccc(-c2cnc([C@@H](C)NC)[nH]2)cc1. The number of H-pyrrole nitrogens is 1. The Balaban J connectivity index is 2.25. The number of benzene rings is 1. The van der Waals surface area contributed by atoms with Crippen LogP contribution in [0.5, 0.6) is 0 Å². The Kier molecular flexibility index (Phi) is 3.81. The Morgan fingerprint density at radius 3 is 2.61 bits per heavy atom. The molecule has 0 amide bonds. The highest BCUT2D eigenvalue weighted by atomic mass is 15.0. The predicted octanol–water partition coefficient (Wildman–Crippen LogP) is 2.73. The van der Waals surface area contributed by atoms with Crippen LogP contribution in [0.2, 0.25) is 0 Å². The average molecular weight is 239 g/mol. The Labute approximate surface area is 108 Å². The summed E-state index contributed by atoms with van der Waals surface area (Å²) in [5.74, 6) is 6.87. The summed E-state index contributed by atoms with van der Waals surface area (Å²) < 4.78 is 0. The fourth-order valence-electron chi connectivity index (χ4n) is 1.72. The van der Waals surface area contributed by atoms with Crippen molar-refractivity contribution in [1.82, 2.24) is 15.3 Å². The highest BCUT2D eigenvalue weighted by Gasteiger charge is 2.08. The molecule has 18 heavy (non-hydrogen) atoms. The van der Waals surface area contributed by atoms with Crippen LogP contribution < -0.4 is 5.32 Å². The number of rotatable bonds is 3. The second-order valence-corrected chi connectivity index (χ2v) is 4.14. The average Bonchev–Trinajstić information content (AvgIpc) is 2.89. The smallest absolute Gasteiger partial charge is 0.123 e. The van der Waals surface area contributed by atoms with E-state index in [1.165, 1.54) is 0 Å². The summed E-state index contributed by atoms with van der Waals surface area (Å²) in [6.07, 6.45) is 1.86. The molecule has 2 aromatic rings. The molecule has 1 heterocycles. The third kappa shape index (κ3) is 2.61. The molecule has 1 aromatic carbocycles. The Hall–Kier alpha value is -2.05. The van der Waals surface area contributed by atoms with Gasteiger partial charge in [-0.2, -0.15) is 0 Å². The Morgan fingerprint density at radius 2 is 2.00 bits per heavy atom. The number of hydrogen-bond acceptors (Lipinski definition) is 2. The monoisotopic (exact) mass is 239 g/mol. The first kappa shape index (κ1) is 12.4. The predicted molar refractivity (Wildman–Crippen MR) is 74.1 cm³/mol. The van der Waals surface area contributed by atoms with E-state index in [-0.39, 0.29) is 6.04 Å². The largest absolute Gasteiger partial charge is 0.341 e. The molecular formula is C15H17N3. The third-order valence-corrected chi connectivity index (χ3v) is 2.90. The first-order valence-electron chi connectivity index (χ1n) is 6.00. The van der Waals surface area contributed by atoms with E-state index in [0.29, 0.717) is 0 Å². The van der Waals surface area contributed by atoms with E-state index in [2.05, 4.69) is 46.2 Å². The van der Waals surface area contributed by atoms with E-state index < -0.39 is 0 Å². The van der Waals surface area contributed by atoms with Crippen molar-refractivity contribution >= 4 is 0 Å². The Morgan fingerprint density at radius 1 is 1.28 bits per heavy atom. The maximum absolute atomic E-state index is 4.38. The minimum absolute atomic E-state index is 0.226. The molecule has 0 unspecified atom stereocenters. The summed E-state index contributed by atoms with van der Waals surface area (Å²) in [5.41, 5.74) is 3.19. The van der Waals surface area contributed by atoms with E-state index in [1.54, 1.807) is 0 Å². The van der Waals surface area contributed by atoms with Gasteiger partial charge in [0.15, 0.2) is 0 Å². The Bertz CT molecular complexity index is 570. The van der Waals surface area contributed by atoms with Crippen LogP contribution in [0.25, 0.3) is 11.3 Å². The molecule has 1 aromatic heterocycles. The summed E-state index contributed by atoms with van der Waals surface area (Å²) in [7, 11) is 1.92. The molecule has 3 heteroatoms. The van der Waals surface area contributed by atoms with Crippen molar-refractivity contribution in [1.29, 1.82) is 0 Å². The number of aromatic nitrogens is 2. The zero-order chi connectivity index (χ0) is 13.0. The van der Waals surface area contributed by atoms with Crippen LogP contribution in [0.4, 0.5) is 0 Å². The summed E-state index contributed by atoms with van der Waals surface area (Å²) >= 11 is 0. The highest BCUT2D eigenvalue weighted by molar-refractivity contribution is 5.60. The first-order valence-corrected chi connectivity index (χ1v) is 6.00. The van der Waals surface area contributed by atoms with Crippen LogP contribution in [0.1, 0.15) is 31.3 Å². The molecular weight excluding hydrogens is 222 g/mol. The van der Waals surface area contributed by atoms with E-state index in [0.717, 1.165) is 22.6 Å². The van der Waals surface area contributed by atoms with E-state index in [1.807, 2.05) is 32.3 Å². The van der Waals surface area contributed by atoms with Gasteiger partial charge in [0.05, 0.1) is 17.9 Å². The van der Waals surface area contributed by atoms with Gasteiger partial charge in [0.1, 0.15) is 5.82 Å². The molecule has 0 aliphatic carbocycles. The van der Waals surface area contributed by atoms with Gasteiger partial charge in [0, 0.05) is 5.56 Å². The van der Waals surface area contributed by atoms with Gasteiger partial charge >= 0.3 is 0 Å². The zero-order valence-electron chi connectivity index (χ0n) is 10.9. The molecule has 0 radical (unpaired) electrons. The lowest BCUT2D eigenvalue weighted by Crippen LogP contribution is -2.13. The minimum Gasteiger partial charge on any atom is -0.341 e. The van der Waals surface area contributed by atoms with E-state index >= 15 is 0 Å². The lowest BCUT2D eigenvalue weighted by Gasteiger charge is -2.05. The molecule has 0 aliphatic heterocycles. The molecule has 0 saturated carbocycles. The second kappa shape index (κ2) is 5.52. The molecule has 2 N–H and O–H groups in total. The van der Waals surface area contributed by atoms with E-state index in [9.17, 15) is 0 Å². The molecule has 0 spiro atoms. The number of hydrogen-bond donors (Lipinski definition) is 2. The van der Waals surface area contributed by atoms with Gasteiger partial charge in [-0.25, -0.2) is 4.98 Å². The number of aromatic amines is 1. The number of nitrogens with one attached hydrogen (secondary N) is 2. The van der Waals surface area contributed by atoms with Crippen LogP contribution in [-0.4, -0.2) is 17.0 Å². The molecule has 3 nitrogen and oxygen atoms in total. The van der Waals surface area contributed by atoms with Crippen molar-refractivity contribution in [3.63, 3.8) is 0 Å². The number of nitrogens with zero attached hydrogens (tertiary/aromatic N) is 1. The second-order valence-electron chi connectivity index (χ2n) is 4.14. The lowest BCUT2D eigenvalue weighted by atomic mass is 10.1.